The minimum atomic E-state index is -0.209. The van der Waals surface area contributed by atoms with Gasteiger partial charge < -0.3 is 4.74 Å². The third-order valence-electron chi connectivity index (χ3n) is 5.01. The molecule has 144 valence electrons. The highest BCUT2D eigenvalue weighted by Crippen LogP contribution is 2.33. The number of hydrogen-bond donors (Lipinski definition) is 0. The highest BCUT2D eigenvalue weighted by Gasteiger charge is 2.33. The van der Waals surface area contributed by atoms with Crippen LogP contribution in [0.2, 0.25) is 0 Å². The molecule has 1 aliphatic carbocycles. The van der Waals surface area contributed by atoms with E-state index in [-0.39, 0.29) is 17.1 Å². The number of benzene rings is 2. The van der Waals surface area contributed by atoms with E-state index in [0.717, 1.165) is 16.7 Å². The number of Topliss-reactive ketones (excluding diaryl/α,β-unsaturated/α-hetero) is 2. The first-order chi connectivity index (χ1) is 14.7. The number of ether oxygens (including phenoxy) is 1. The number of hydrogen-bond acceptors (Lipinski definition) is 4. The van der Waals surface area contributed by atoms with Gasteiger partial charge in [-0.1, -0.05) is 66.7 Å². The van der Waals surface area contributed by atoms with E-state index in [1.165, 1.54) is 11.3 Å². The molecular weight excluding hydrogens is 392 g/mol. The molecule has 2 heterocycles. The lowest BCUT2D eigenvalue weighted by atomic mass is 10.0. The fourth-order valence-corrected chi connectivity index (χ4v) is 4.29. The Bertz CT molecular complexity index is 1180. The second kappa shape index (κ2) is 7.58. The largest absolute Gasteiger partial charge is 0.456 e. The van der Waals surface area contributed by atoms with Gasteiger partial charge in [-0.25, -0.2) is 0 Å². The Hall–Kier alpha value is -3.76. The summed E-state index contributed by atoms with van der Waals surface area (Å²) in [6.07, 6.45) is 7.25. The lowest BCUT2D eigenvalue weighted by Gasteiger charge is -2.19. The standard InChI is InChI=1S/C26H16O3S/c27-25-20(26(28)22-16-30-15-21(22)25)12-11-17-13-23(18-7-3-1-4-8-18)29-24(14-17)19-9-5-2-6-10-19/h1-16H. The van der Waals surface area contributed by atoms with Crippen molar-refractivity contribution >= 4 is 34.4 Å². The molecule has 1 aromatic heterocycles. The zero-order chi connectivity index (χ0) is 20.5. The van der Waals surface area contributed by atoms with Gasteiger partial charge >= 0.3 is 0 Å². The fraction of sp³-hybridized carbons (Fsp3) is 0. The molecule has 0 saturated heterocycles. The number of rotatable bonds is 3. The minimum absolute atomic E-state index is 0.205. The van der Waals surface area contributed by atoms with Gasteiger partial charge in [0, 0.05) is 33.0 Å². The van der Waals surface area contributed by atoms with Crippen LogP contribution >= 0.6 is 11.3 Å². The maximum absolute atomic E-state index is 12.5. The van der Waals surface area contributed by atoms with E-state index in [4.69, 9.17) is 4.74 Å². The lowest BCUT2D eigenvalue weighted by molar-refractivity contribution is 0.0988. The SMILES string of the molecule is O=C1C(=CC=C2C=C(c3ccccc3)OC(c3ccccc3)=C2)C(=O)c2cscc21. The summed E-state index contributed by atoms with van der Waals surface area (Å²) < 4.78 is 6.17. The third kappa shape index (κ3) is 3.27. The number of carbonyl (C=O) groups excluding carboxylic acids is 2. The zero-order valence-corrected chi connectivity index (χ0v) is 16.7. The Labute approximate surface area is 178 Å². The molecule has 0 fully saturated rings. The topological polar surface area (TPSA) is 43.4 Å². The van der Waals surface area contributed by atoms with Crippen LogP contribution in [0.1, 0.15) is 31.8 Å². The van der Waals surface area contributed by atoms with E-state index in [0.29, 0.717) is 22.6 Å². The molecule has 0 radical (unpaired) electrons. The van der Waals surface area contributed by atoms with E-state index in [2.05, 4.69) is 0 Å². The van der Waals surface area contributed by atoms with Crippen molar-refractivity contribution in [3.05, 3.63) is 129 Å². The quantitative estimate of drug-likeness (QED) is 0.389. The predicted octanol–water partition coefficient (Wildman–Crippen LogP) is 6.09. The normalized spacial score (nSPS) is 15.3. The molecule has 2 aromatic carbocycles. The van der Waals surface area contributed by atoms with Gasteiger partial charge in [-0.2, -0.15) is 11.3 Å². The van der Waals surface area contributed by atoms with Crippen LogP contribution in [0.15, 0.2) is 107 Å². The summed E-state index contributed by atoms with van der Waals surface area (Å²) in [5, 5.41) is 3.47. The Morgan fingerprint density at radius 3 is 1.67 bits per heavy atom. The summed E-state index contributed by atoms with van der Waals surface area (Å²) >= 11 is 1.37. The van der Waals surface area contributed by atoms with Crippen LogP contribution < -0.4 is 0 Å². The molecule has 5 rings (SSSR count). The Balaban J connectivity index is 1.56. The van der Waals surface area contributed by atoms with Crippen LogP contribution in [-0.4, -0.2) is 11.6 Å². The van der Waals surface area contributed by atoms with Crippen LogP contribution in [0.4, 0.5) is 0 Å². The number of thiophene rings is 1. The molecule has 0 atom stereocenters. The van der Waals surface area contributed by atoms with E-state index < -0.39 is 0 Å². The summed E-state index contributed by atoms with van der Waals surface area (Å²) in [5.41, 5.74) is 3.96. The van der Waals surface area contributed by atoms with Crippen LogP contribution in [0.25, 0.3) is 11.5 Å². The third-order valence-corrected chi connectivity index (χ3v) is 5.76. The average Bonchev–Trinajstić information content (AvgIpc) is 3.37. The lowest BCUT2D eigenvalue weighted by Crippen LogP contribution is -2.01. The van der Waals surface area contributed by atoms with Crippen molar-refractivity contribution in [3.63, 3.8) is 0 Å². The molecule has 1 aliphatic heterocycles. The molecular formula is C26H16O3S. The molecule has 0 amide bonds. The van der Waals surface area contributed by atoms with Gasteiger partial charge in [-0.3, -0.25) is 9.59 Å². The zero-order valence-electron chi connectivity index (χ0n) is 15.9. The fourth-order valence-electron chi connectivity index (χ4n) is 3.48. The summed E-state index contributed by atoms with van der Waals surface area (Å²) in [5.74, 6) is 1.01. The Kier molecular flexibility index (Phi) is 4.62. The molecule has 0 unspecified atom stereocenters. The van der Waals surface area contributed by atoms with E-state index >= 15 is 0 Å². The Morgan fingerprint density at radius 2 is 1.17 bits per heavy atom. The van der Waals surface area contributed by atoms with Gasteiger partial charge in [0.15, 0.2) is 11.6 Å². The first kappa shape index (κ1) is 18.3. The van der Waals surface area contributed by atoms with Crippen LogP contribution in [-0.2, 0) is 4.74 Å². The molecule has 0 saturated carbocycles. The number of allylic oxidation sites excluding steroid dienone is 6. The smallest absolute Gasteiger partial charge is 0.198 e. The van der Waals surface area contributed by atoms with Gasteiger partial charge in [-0.05, 0) is 23.8 Å². The van der Waals surface area contributed by atoms with Crippen molar-refractivity contribution in [1.29, 1.82) is 0 Å². The maximum Gasteiger partial charge on any atom is 0.198 e. The van der Waals surface area contributed by atoms with Crippen molar-refractivity contribution in [2.24, 2.45) is 0 Å². The maximum atomic E-state index is 12.5. The van der Waals surface area contributed by atoms with Crippen molar-refractivity contribution in [2.45, 2.75) is 0 Å². The van der Waals surface area contributed by atoms with E-state index in [9.17, 15) is 9.59 Å². The summed E-state index contributed by atoms with van der Waals surface area (Å²) in [6.45, 7) is 0. The van der Waals surface area contributed by atoms with Gasteiger partial charge in [0.25, 0.3) is 0 Å². The Morgan fingerprint density at radius 1 is 0.667 bits per heavy atom. The van der Waals surface area contributed by atoms with Crippen molar-refractivity contribution in [1.82, 2.24) is 0 Å². The molecule has 0 bridgehead atoms. The van der Waals surface area contributed by atoms with Gasteiger partial charge in [0.2, 0.25) is 0 Å². The van der Waals surface area contributed by atoms with Gasteiger partial charge in [0.1, 0.15) is 11.5 Å². The molecule has 3 nitrogen and oxygen atoms in total. The van der Waals surface area contributed by atoms with Crippen LogP contribution in [0, 0.1) is 0 Å². The van der Waals surface area contributed by atoms with E-state index in [1.54, 1.807) is 22.9 Å². The molecule has 2 aliphatic rings. The van der Waals surface area contributed by atoms with Crippen molar-refractivity contribution < 1.29 is 14.3 Å². The molecule has 0 spiro atoms. The van der Waals surface area contributed by atoms with Crippen LogP contribution in [0.5, 0.6) is 0 Å². The number of ketones is 2. The van der Waals surface area contributed by atoms with Crippen molar-refractivity contribution in [2.75, 3.05) is 0 Å². The molecule has 30 heavy (non-hydrogen) atoms. The minimum Gasteiger partial charge on any atom is -0.456 e. The molecule has 4 heteroatoms. The summed E-state index contributed by atoms with van der Waals surface area (Å²) in [6, 6.07) is 19.7. The van der Waals surface area contributed by atoms with Crippen LogP contribution in [0.3, 0.4) is 0 Å². The summed E-state index contributed by atoms with van der Waals surface area (Å²) in [7, 11) is 0. The second-order valence-corrected chi connectivity index (χ2v) is 7.70. The van der Waals surface area contributed by atoms with Gasteiger partial charge in [-0.15, -0.1) is 0 Å². The highest BCUT2D eigenvalue weighted by atomic mass is 32.1. The first-order valence-electron chi connectivity index (χ1n) is 9.50. The van der Waals surface area contributed by atoms with Gasteiger partial charge in [0.05, 0.1) is 5.57 Å². The second-order valence-electron chi connectivity index (χ2n) is 6.96. The van der Waals surface area contributed by atoms with E-state index in [1.807, 2.05) is 72.8 Å². The number of fused-ring (bicyclic) bond motifs is 1. The first-order valence-corrected chi connectivity index (χ1v) is 10.4. The molecule has 0 N–H and O–H groups in total. The average molecular weight is 408 g/mol. The van der Waals surface area contributed by atoms with Crippen molar-refractivity contribution in [3.8, 4) is 0 Å². The predicted molar refractivity (Wildman–Crippen MR) is 119 cm³/mol. The summed E-state index contributed by atoms with van der Waals surface area (Å²) in [4.78, 5) is 25.1. The monoisotopic (exact) mass is 408 g/mol. The molecule has 3 aromatic rings. The highest BCUT2D eigenvalue weighted by molar-refractivity contribution is 7.08. The number of carbonyl (C=O) groups is 2.